The van der Waals surface area contributed by atoms with E-state index in [9.17, 15) is 0 Å². The first-order valence-electron chi connectivity index (χ1n) is 4.72. The van der Waals surface area contributed by atoms with E-state index in [-0.39, 0.29) is 0 Å². The van der Waals surface area contributed by atoms with Gasteiger partial charge in [-0.3, -0.25) is 0 Å². The van der Waals surface area contributed by atoms with E-state index >= 15 is 0 Å². The van der Waals surface area contributed by atoms with Crippen LogP contribution in [0.15, 0.2) is 30.4 Å². The topological polar surface area (TPSA) is 38.0 Å². The fourth-order valence-corrected chi connectivity index (χ4v) is 1.78. The summed E-state index contributed by atoms with van der Waals surface area (Å²) in [5.74, 6) is 0. The molecule has 2 nitrogen and oxygen atoms in total. The Labute approximate surface area is 88.8 Å². The second-order valence-corrected chi connectivity index (χ2v) is 3.95. The number of nitrogens with one attached hydrogen (secondary N) is 1. The third-order valence-corrected chi connectivity index (χ3v) is 2.62. The van der Waals surface area contributed by atoms with Crippen LogP contribution in [0.25, 0.3) is 0 Å². The summed E-state index contributed by atoms with van der Waals surface area (Å²) in [6, 6.07) is 5.97. The highest BCUT2D eigenvalue weighted by Crippen LogP contribution is 2.25. The maximum atomic E-state index is 5.89. The molecule has 1 aromatic rings. The van der Waals surface area contributed by atoms with Crippen LogP contribution in [0.1, 0.15) is 12.8 Å². The molecule has 0 radical (unpaired) electrons. The minimum atomic E-state index is 0.468. The van der Waals surface area contributed by atoms with Crippen LogP contribution >= 0.6 is 11.6 Å². The number of rotatable bonds is 2. The van der Waals surface area contributed by atoms with Crippen LogP contribution in [-0.4, -0.2) is 6.04 Å². The van der Waals surface area contributed by atoms with Gasteiger partial charge in [0.15, 0.2) is 0 Å². The molecular formula is C11H13ClN2. The Morgan fingerprint density at radius 2 is 2.00 bits per heavy atom. The number of nitrogens with two attached hydrogens (primary N) is 1. The van der Waals surface area contributed by atoms with Crippen LogP contribution in [0.4, 0.5) is 11.4 Å². The molecule has 1 aliphatic rings. The molecule has 3 N–H and O–H groups in total. The lowest BCUT2D eigenvalue weighted by molar-refractivity contribution is 0.787. The average Bonchev–Trinajstić information content (AvgIpc) is 2.64. The predicted molar refractivity (Wildman–Crippen MR) is 61.6 cm³/mol. The van der Waals surface area contributed by atoms with E-state index in [1.54, 1.807) is 6.07 Å². The smallest absolute Gasteiger partial charge is 0.0591 e. The van der Waals surface area contributed by atoms with Gasteiger partial charge in [-0.05, 0) is 31.0 Å². The molecule has 0 unspecified atom stereocenters. The monoisotopic (exact) mass is 208 g/mol. The van der Waals surface area contributed by atoms with Crippen LogP contribution in [-0.2, 0) is 0 Å². The van der Waals surface area contributed by atoms with Crippen molar-refractivity contribution in [3.63, 3.8) is 0 Å². The highest BCUT2D eigenvalue weighted by molar-refractivity contribution is 6.31. The van der Waals surface area contributed by atoms with E-state index < -0.39 is 0 Å². The zero-order valence-corrected chi connectivity index (χ0v) is 8.59. The maximum Gasteiger partial charge on any atom is 0.0591 e. The first kappa shape index (κ1) is 9.41. The molecular weight excluding hydrogens is 196 g/mol. The van der Waals surface area contributed by atoms with E-state index in [4.69, 9.17) is 17.3 Å². The van der Waals surface area contributed by atoms with Crippen molar-refractivity contribution in [1.29, 1.82) is 0 Å². The number of halogens is 1. The van der Waals surface area contributed by atoms with Crippen molar-refractivity contribution in [2.45, 2.75) is 18.9 Å². The lowest BCUT2D eigenvalue weighted by atomic mass is 10.2. The Kier molecular flexibility index (Phi) is 2.64. The standard InChI is InChI=1S/C11H13ClN2/c12-8-5-6-10(13)11(7-8)14-9-3-1-2-4-9/h1-2,5-7,9,14H,3-4,13H2. The summed E-state index contributed by atoms with van der Waals surface area (Å²) in [5.41, 5.74) is 7.51. The predicted octanol–water partition coefficient (Wildman–Crippen LogP) is 3.05. The third-order valence-electron chi connectivity index (χ3n) is 2.38. The van der Waals surface area contributed by atoms with Gasteiger partial charge < -0.3 is 11.1 Å². The summed E-state index contributed by atoms with van der Waals surface area (Å²) in [5, 5.41) is 4.09. The van der Waals surface area contributed by atoms with Crippen molar-refractivity contribution in [3.05, 3.63) is 35.4 Å². The fourth-order valence-electron chi connectivity index (χ4n) is 1.61. The average molecular weight is 209 g/mol. The zero-order chi connectivity index (χ0) is 9.97. The molecule has 0 bridgehead atoms. The van der Waals surface area contributed by atoms with Gasteiger partial charge in [0.2, 0.25) is 0 Å². The molecule has 1 aliphatic carbocycles. The molecule has 0 heterocycles. The van der Waals surface area contributed by atoms with Crippen molar-refractivity contribution in [3.8, 4) is 0 Å². The van der Waals surface area contributed by atoms with E-state index in [2.05, 4.69) is 17.5 Å². The molecule has 0 amide bonds. The first-order chi connectivity index (χ1) is 6.75. The molecule has 74 valence electrons. The van der Waals surface area contributed by atoms with Gasteiger partial charge in [-0.25, -0.2) is 0 Å². The quantitative estimate of drug-likeness (QED) is 0.579. The van der Waals surface area contributed by atoms with E-state index in [1.807, 2.05) is 12.1 Å². The molecule has 0 aliphatic heterocycles. The van der Waals surface area contributed by atoms with Gasteiger partial charge in [0.05, 0.1) is 11.4 Å². The van der Waals surface area contributed by atoms with E-state index in [0.717, 1.165) is 24.2 Å². The van der Waals surface area contributed by atoms with Gasteiger partial charge in [0.1, 0.15) is 0 Å². The highest BCUT2D eigenvalue weighted by Gasteiger charge is 2.10. The molecule has 2 rings (SSSR count). The SMILES string of the molecule is Nc1ccc(Cl)cc1NC1CC=CC1. The molecule has 14 heavy (non-hydrogen) atoms. The molecule has 0 spiro atoms. The number of hydrogen-bond acceptors (Lipinski definition) is 2. The van der Waals surface area contributed by atoms with Crippen molar-refractivity contribution in [2.75, 3.05) is 11.1 Å². The summed E-state index contributed by atoms with van der Waals surface area (Å²) < 4.78 is 0. The molecule has 0 atom stereocenters. The minimum Gasteiger partial charge on any atom is -0.397 e. The first-order valence-corrected chi connectivity index (χ1v) is 5.10. The molecule has 0 saturated carbocycles. The van der Waals surface area contributed by atoms with Crippen LogP contribution in [0.3, 0.4) is 0 Å². The van der Waals surface area contributed by atoms with E-state index in [0.29, 0.717) is 11.1 Å². The van der Waals surface area contributed by atoms with Crippen molar-refractivity contribution in [1.82, 2.24) is 0 Å². The van der Waals surface area contributed by atoms with Crippen molar-refractivity contribution in [2.24, 2.45) is 0 Å². The number of anilines is 2. The van der Waals surface area contributed by atoms with Crippen molar-refractivity contribution < 1.29 is 0 Å². The largest absolute Gasteiger partial charge is 0.397 e. The highest BCUT2D eigenvalue weighted by atomic mass is 35.5. The molecule has 0 saturated heterocycles. The Hall–Kier alpha value is -1.15. The minimum absolute atomic E-state index is 0.468. The van der Waals surface area contributed by atoms with Gasteiger partial charge in [-0.1, -0.05) is 23.8 Å². The maximum absolute atomic E-state index is 5.89. The van der Waals surface area contributed by atoms with E-state index in [1.165, 1.54) is 0 Å². The Bertz CT molecular complexity index is 352. The summed E-state index contributed by atoms with van der Waals surface area (Å²) >= 11 is 5.89. The molecule has 3 heteroatoms. The van der Waals surface area contributed by atoms with Crippen molar-refractivity contribution >= 4 is 23.0 Å². The lowest BCUT2D eigenvalue weighted by Gasteiger charge is -2.15. The Morgan fingerprint density at radius 1 is 1.29 bits per heavy atom. The summed E-state index contributed by atoms with van der Waals surface area (Å²) in [6.45, 7) is 0. The third kappa shape index (κ3) is 2.02. The molecule has 1 aromatic carbocycles. The Morgan fingerprint density at radius 3 is 2.71 bits per heavy atom. The second kappa shape index (κ2) is 3.93. The van der Waals surface area contributed by atoms with Gasteiger partial charge >= 0.3 is 0 Å². The normalized spacial score (nSPS) is 16.1. The molecule has 0 fully saturated rings. The Balaban J connectivity index is 2.11. The second-order valence-electron chi connectivity index (χ2n) is 3.52. The zero-order valence-electron chi connectivity index (χ0n) is 7.83. The van der Waals surface area contributed by atoms with Crippen LogP contribution in [0.2, 0.25) is 5.02 Å². The number of benzene rings is 1. The summed E-state index contributed by atoms with van der Waals surface area (Å²) in [7, 11) is 0. The van der Waals surface area contributed by atoms with Gasteiger partial charge in [0, 0.05) is 11.1 Å². The lowest BCUT2D eigenvalue weighted by Crippen LogP contribution is -2.15. The number of nitrogen functional groups attached to an aromatic ring is 1. The van der Waals surface area contributed by atoms with Gasteiger partial charge in [0.25, 0.3) is 0 Å². The fraction of sp³-hybridized carbons (Fsp3) is 0.273. The van der Waals surface area contributed by atoms with Gasteiger partial charge in [-0.15, -0.1) is 0 Å². The van der Waals surface area contributed by atoms with Gasteiger partial charge in [-0.2, -0.15) is 0 Å². The van der Waals surface area contributed by atoms with Crippen LogP contribution < -0.4 is 11.1 Å². The van der Waals surface area contributed by atoms with Crippen LogP contribution in [0.5, 0.6) is 0 Å². The summed E-state index contributed by atoms with van der Waals surface area (Å²) in [4.78, 5) is 0. The summed E-state index contributed by atoms with van der Waals surface area (Å²) in [6.07, 6.45) is 6.48. The van der Waals surface area contributed by atoms with Crippen LogP contribution in [0, 0.1) is 0 Å². The number of hydrogen-bond donors (Lipinski definition) is 2. The molecule has 0 aromatic heterocycles.